The van der Waals surface area contributed by atoms with Crippen molar-refractivity contribution in [2.75, 3.05) is 6.54 Å². The first-order valence-electron chi connectivity index (χ1n) is 6.24. The van der Waals surface area contributed by atoms with Gasteiger partial charge in [0.25, 0.3) is 0 Å². The third-order valence-corrected chi connectivity index (χ3v) is 3.66. The van der Waals surface area contributed by atoms with E-state index in [4.69, 9.17) is 5.73 Å². The summed E-state index contributed by atoms with van der Waals surface area (Å²) in [4.78, 5) is 16.0. The number of amides is 1. The van der Waals surface area contributed by atoms with Crippen molar-refractivity contribution in [1.82, 2.24) is 10.3 Å². The van der Waals surface area contributed by atoms with E-state index in [-0.39, 0.29) is 5.91 Å². The van der Waals surface area contributed by atoms with Crippen LogP contribution in [0.1, 0.15) is 18.2 Å². The average molecular weight is 275 g/mol. The molecule has 1 heterocycles. The minimum Gasteiger partial charge on any atom is -0.356 e. The second-order valence-electron chi connectivity index (χ2n) is 4.14. The molecule has 1 amide bonds. The third kappa shape index (κ3) is 3.39. The lowest BCUT2D eigenvalue weighted by Crippen LogP contribution is -2.24. The van der Waals surface area contributed by atoms with Gasteiger partial charge in [-0.1, -0.05) is 24.3 Å². The molecule has 2 rings (SSSR count). The van der Waals surface area contributed by atoms with Crippen LogP contribution in [0.25, 0.3) is 10.6 Å². The molecular formula is C14H17N3OS. The van der Waals surface area contributed by atoms with Gasteiger partial charge in [0.1, 0.15) is 5.01 Å². The number of thiazole rings is 1. The Morgan fingerprint density at radius 1 is 1.42 bits per heavy atom. The van der Waals surface area contributed by atoms with Crippen molar-refractivity contribution in [3.8, 4) is 10.6 Å². The van der Waals surface area contributed by atoms with E-state index in [0.29, 0.717) is 19.5 Å². The Kier molecular flexibility index (Phi) is 4.65. The van der Waals surface area contributed by atoms with Crippen LogP contribution in [0.5, 0.6) is 0 Å². The molecule has 1 aromatic heterocycles. The number of rotatable bonds is 5. The average Bonchev–Trinajstić information content (AvgIpc) is 2.87. The fourth-order valence-corrected chi connectivity index (χ4v) is 2.72. The largest absolute Gasteiger partial charge is 0.356 e. The molecule has 1 aromatic carbocycles. The smallest absolute Gasteiger partial charge is 0.226 e. The van der Waals surface area contributed by atoms with Crippen molar-refractivity contribution in [1.29, 1.82) is 0 Å². The molecule has 0 radical (unpaired) electrons. The Morgan fingerprint density at radius 2 is 2.21 bits per heavy atom. The Balaban J connectivity index is 2.19. The van der Waals surface area contributed by atoms with Gasteiger partial charge >= 0.3 is 0 Å². The van der Waals surface area contributed by atoms with Gasteiger partial charge in [-0.3, -0.25) is 4.79 Å². The molecule has 19 heavy (non-hydrogen) atoms. The van der Waals surface area contributed by atoms with E-state index in [2.05, 4.69) is 10.3 Å². The highest BCUT2D eigenvalue weighted by Crippen LogP contribution is 2.26. The van der Waals surface area contributed by atoms with Crippen LogP contribution in [0.4, 0.5) is 0 Å². The standard InChI is InChI=1S/C14H17N3OS/c1-2-16-13(18)7-11-9-19-14(17-11)12-6-4-3-5-10(12)8-15/h3-6,9H,2,7-8,15H2,1H3,(H,16,18). The summed E-state index contributed by atoms with van der Waals surface area (Å²) in [7, 11) is 0. The number of hydrogen-bond donors (Lipinski definition) is 2. The van der Waals surface area contributed by atoms with Crippen molar-refractivity contribution in [3.63, 3.8) is 0 Å². The van der Waals surface area contributed by atoms with Gasteiger partial charge in [0.15, 0.2) is 0 Å². The molecule has 0 fully saturated rings. The van der Waals surface area contributed by atoms with Crippen LogP contribution in [-0.2, 0) is 17.8 Å². The molecule has 0 spiro atoms. The molecule has 100 valence electrons. The van der Waals surface area contributed by atoms with Gasteiger partial charge in [0.2, 0.25) is 5.91 Å². The second kappa shape index (κ2) is 6.45. The quantitative estimate of drug-likeness (QED) is 0.876. The maximum atomic E-state index is 11.5. The number of nitrogens with one attached hydrogen (secondary N) is 1. The van der Waals surface area contributed by atoms with Crippen LogP contribution in [0.3, 0.4) is 0 Å². The molecule has 3 N–H and O–H groups in total. The minimum atomic E-state index is 0.00598. The van der Waals surface area contributed by atoms with Crippen LogP contribution in [-0.4, -0.2) is 17.4 Å². The molecular weight excluding hydrogens is 258 g/mol. The first-order chi connectivity index (χ1) is 9.24. The summed E-state index contributed by atoms with van der Waals surface area (Å²) in [6, 6.07) is 7.95. The van der Waals surface area contributed by atoms with Gasteiger partial charge in [0, 0.05) is 24.0 Å². The number of hydrogen-bond acceptors (Lipinski definition) is 4. The van der Waals surface area contributed by atoms with E-state index in [1.165, 1.54) is 0 Å². The van der Waals surface area contributed by atoms with Gasteiger partial charge in [-0.2, -0.15) is 0 Å². The number of carbonyl (C=O) groups is 1. The maximum absolute atomic E-state index is 11.5. The number of benzene rings is 1. The number of nitrogens with zero attached hydrogens (tertiary/aromatic N) is 1. The number of aromatic nitrogens is 1. The normalized spacial score (nSPS) is 10.4. The first-order valence-corrected chi connectivity index (χ1v) is 7.12. The molecule has 0 aliphatic rings. The van der Waals surface area contributed by atoms with Gasteiger partial charge in [-0.05, 0) is 12.5 Å². The monoisotopic (exact) mass is 275 g/mol. The minimum absolute atomic E-state index is 0.00598. The van der Waals surface area contributed by atoms with Crippen molar-refractivity contribution >= 4 is 17.2 Å². The zero-order valence-corrected chi connectivity index (χ0v) is 11.7. The van der Waals surface area contributed by atoms with Crippen molar-refractivity contribution in [2.45, 2.75) is 19.9 Å². The summed E-state index contributed by atoms with van der Waals surface area (Å²) in [5.74, 6) is 0.00598. The lowest BCUT2D eigenvalue weighted by molar-refractivity contribution is -0.120. The first kappa shape index (κ1) is 13.7. The molecule has 5 heteroatoms. The van der Waals surface area contributed by atoms with E-state index in [0.717, 1.165) is 21.8 Å². The molecule has 0 aliphatic carbocycles. The Morgan fingerprint density at radius 3 is 2.95 bits per heavy atom. The molecule has 0 bridgehead atoms. The number of likely N-dealkylation sites (N-methyl/N-ethyl adjacent to an activating group) is 1. The highest BCUT2D eigenvalue weighted by Gasteiger charge is 2.10. The lowest BCUT2D eigenvalue weighted by Gasteiger charge is -2.03. The van der Waals surface area contributed by atoms with E-state index < -0.39 is 0 Å². The summed E-state index contributed by atoms with van der Waals surface area (Å²) < 4.78 is 0. The lowest BCUT2D eigenvalue weighted by atomic mass is 10.1. The molecule has 0 saturated carbocycles. The Labute approximate surface area is 116 Å². The summed E-state index contributed by atoms with van der Waals surface area (Å²) in [6.07, 6.45) is 0.329. The highest BCUT2D eigenvalue weighted by atomic mass is 32.1. The fourth-order valence-electron chi connectivity index (χ4n) is 1.84. The third-order valence-electron chi connectivity index (χ3n) is 2.74. The highest BCUT2D eigenvalue weighted by molar-refractivity contribution is 7.13. The van der Waals surface area contributed by atoms with Crippen LogP contribution in [0.15, 0.2) is 29.6 Å². The predicted molar refractivity (Wildman–Crippen MR) is 77.8 cm³/mol. The van der Waals surface area contributed by atoms with Gasteiger partial charge in [-0.15, -0.1) is 11.3 Å². The van der Waals surface area contributed by atoms with Crippen LogP contribution in [0.2, 0.25) is 0 Å². The summed E-state index contributed by atoms with van der Waals surface area (Å²) in [5, 5.41) is 5.62. The second-order valence-corrected chi connectivity index (χ2v) is 4.99. The number of carbonyl (C=O) groups excluding carboxylic acids is 1. The fraction of sp³-hybridized carbons (Fsp3) is 0.286. The summed E-state index contributed by atoms with van der Waals surface area (Å²) >= 11 is 1.55. The molecule has 2 aromatic rings. The summed E-state index contributed by atoms with van der Waals surface area (Å²) in [5.41, 5.74) is 8.65. The van der Waals surface area contributed by atoms with Crippen molar-refractivity contribution in [2.24, 2.45) is 5.73 Å². The maximum Gasteiger partial charge on any atom is 0.226 e. The van der Waals surface area contributed by atoms with E-state index in [1.807, 2.05) is 36.6 Å². The van der Waals surface area contributed by atoms with E-state index >= 15 is 0 Å². The van der Waals surface area contributed by atoms with Gasteiger partial charge in [-0.25, -0.2) is 4.98 Å². The van der Waals surface area contributed by atoms with Crippen molar-refractivity contribution in [3.05, 3.63) is 40.9 Å². The van der Waals surface area contributed by atoms with Gasteiger partial charge < -0.3 is 11.1 Å². The molecule has 4 nitrogen and oxygen atoms in total. The Hall–Kier alpha value is -1.72. The molecule has 0 atom stereocenters. The SMILES string of the molecule is CCNC(=O)Cc1csc(-c2ccccc2CN)n1. The van der Waals surface area contributed by atoms with E-state index in [9.17, 15) is 4.79 Å². The zero-order valence-electron chi connectivity index (χ0n) is 10.8. The van der Waals surface area contributed by atoms with Crippen LogP contribution in [0, 0.1) is 0 Å². The molecule has 0 saturated heterocycles. The van der Waals surface area contributed by atoms with Crippen LogP contribution >= 0.6 is 11.3 Å². The topological polar surface area (TPSA) is 68.0 Å². The predicted octanol–water partition coefficient (Wildman–Crippen LogP) is 1.95. The zero-order chi connectivity index (χ0) is 13.7. The number of nitrogens with two attached hydrogens (primary N) is 1. The summed E-state index contributed by atoms with van der Waals surface area (Å²) in [6.45, 7) is 3.04. The molecule has 0 aliphatic heterocycles. The van der Waals surface area contributed by atoms with Gasteiger partial charge in [0.05, 0.1) is 12.1 Å². The van der Waals surface area contributed by atoms with Crippen molar-refractivity contribution < 1.29 is 4.79 Å². The Bertz CT molecular complexity index is 565. The molecule has 0 unspecified atom stereocenters. The van der Waals surface area contributed by atoms with Crippen LogP contribution < -0.4 is 11.1 Å². The van der Waals surface area contributed by atoms with E-state index in [1.54, 1.807) is 11.3 Å².